The number of amides is 3. The second-order valence-corrected chi connectivity index (χ2v) is 6.21. The highest BCUT2D eigenvalue weighted by Crippen LogP contribution is 2.28. The summed E-state index contributed by atoms with van der Waals surface area (Å²) in [7, 11) is 3.07. The summed E-state index contributed by atoms with van der Waals surface area (Å²) >= 11 is 0. The summed E-state index contributed by atoms with van der Waals surface area (Å²) in [5.41, 5.74) is 1.39. The first-order valence-electron chi connectivity index (χ1n) is 9.00. The number of imide groups is 1. The van der Waals surface area contributed by atoms with Gasteiger partial charge in [0.1, 0.15) is 17.5 Å². The van der Waals surface area contributed by atoms with E-state index < -0.39 is 24.1 Å². The average molecular weight is 400 g/mol. The number of benzene rings is 2. The van der Waals surface area contributed by atoms with Crippen LogP contribution in [0.15, 0.2) is 48.5 Å². The average Bonchev–Trinajstić information content (AvgIpc) is 2.75. The first-order valence-corrected chi connectivity index (χ1v) is 9.00. The van der Waals surface area contributed by atoms with Crippen LogP contribution in [0.5, 0.6) is 11.5 Å². The number of ether oxygens (including phenoxy) is 2. The van der Waals surface area contributed by atoms with Crippen molar-refractivity contribution in [1.29, 1.82) is 0 Å². The topological polar surface area (TPSA) is 105 Å². The Bertz CT molecular complexity index is 822. The van der Waals surface area contributed by atoms with Gasteiger partial charge in [0.05, 0.1) is 20.3 Å². The van der Waals surface area contributed by atoms with Crippen LogP contribution in [0, 0.1) is 0 Å². The zero-order valence-corrected chi connectivity index (χ0v) is 16.5. The number of urea groups is 1. The number of nitrogens with one attached hydrogen (secondary N) is 1. The Morgan fingerprint density at radius 3 is 1.97 bits per heavy atom. The summed E-state index contributed by atoms with van der Waals surface area (Å²) in [4.78, 5) is 36.3. The van der Waals surface area contributed by atoms with Gasteiger partial charge in [-0.1, -0.05) is 31.2 Å². The molecule has 0 radical (unpaired) electrons. The number of carbonyl (C=O) groups is 3. The number of carbonyl (C=O) groups excluding carboxylic acids is 2. The van der Waals surface area contributed by atoms with Gasteiger partial charge >= 0.3 is 12.0 Å². The van der Waals surface area contributed by atoms with Gasteiger partial charge in [-0.25, -0.2) is 9.59 Å². The van der Waals surface area contributed by atoms with Gasteiger partial charge in [0.25, 0.3) is 0 Å². The smallest absolute Gasteiger partial charge is 0.326 e. The van der Waals surface area contributed by atoms with E-state index in [-0.39, 0.29) is 12.8 Å². The molecule has 3 amide bonds. The Labute approximate surface area is 169 Å². The fourth-order valence-electron chi connectivity index (χ4n) is 2.95. The van der Waals surface area contributed by atoms with Crippen molar-refractivity contribution in [2.45, 2.75) is 25.4 Å². The molecule has 29 heavy (non-hydrogen) atoms. The van der Waals surface area contributed by atoms with Gasteiger partial charge in [-0.3, -0.25) is 9.69 Å². The molecule has 0 saturated heterocycles. The van der Waals surface area contributed by atoms with Crippen molar-refractivity contribution in [3.8, 4) is 11.5 Å². The molecule has 8 nitrogen and oxygen atoms in total. The molecule has 0 aromatic heterocycles. The van der Waals surface area contributed by atoms with Crippen LogP contribution < -0.4 is 14.8 Å². The molecule has 2 N–H and O–H groups in total. The summed E-state index contributed by atoms with van der Waals surface area (Å²) in [6.07, 6.45) is 0.316. The highest BCUT2D eigenvalue weighted by atomic mass is 16.5. The van der Waals surface area contributed by atoms with Crippen molar-refractivity contribution in [2.75, 3.05) is 14.2 Å². The van der Waals surface area contributed by atoms with Gasteiger partial charge in [-0.15, -0.1) is 0 Å². The van der Waals surface area contributed by atoms with Crippen LogP contribution >= 0.6 is 0 Å². The van der Waals surface area contributed by atoms with Crippen molar-refractivity contribution in [3.05, 3.63) is 59.7 Å². The lowest BCUT2D eigenvalue weighted by Crippen LogP contribution is -2.49. The van der Waals surface area contributed by atoms with E-state index in [1.807, 2.05) is 0 Å². The number of carboxylic acids is 1. The van der Waals surface area contributed by atoms with Crippen LogP contribution in [0.4, 0.5) is 4.79 Å². The zero-order chi connectivity index (χ0) is 21.4. The molecule has 1 unspecified atom stereocenters. The lowest BCUT2D eigenvalue weighted by molar-refractivity contribution is -0.144. The third-order valence-electron chi connectivity index (χ3n) is 4.48. The van der Waals surface area contributed by atoms with Crippen molar-refractivity contribution < 1.29 is 29.0 Å². The van der Waals surface area contributed by atoms with Crippen LogP contribution in [0.3, 0.4) is 0 Å². The second kappa shape index (κ2) is 10.1. The van der Waals surface area contributed by atoms with E-state index in [1.165, 1.54) is 14.2 Å². The van der Waals surface area contributed by atoms with E-state index in [0.29, 0.717) is 27.5 Å². The summed E-state index contributed by atoms with van der Waals surface area (Å²) in [6.45, 7) is 1.59. The molecular formula is C21H24N2O6. The molecule has 2 aromatic rings. The maximum absolute atomic E-state index is 12.8. The highest BCUT2D eigenvalue weighted by molar-refractivity contribution is 5.91. The first-order chi connectivity index (χ1) is 13.9. The molecular weight excluding hydrogens is 376 g/mol. The van der Waals surface area contributed by atoms with E-state index in [9.17, 15) is 19.5 Å². The van der Waals surface area contributed by atoms with Crippen molar-refractivity contribution >= 4 is 18.4 Å². The van der Waals surface area contributed by atoms with Crippen molar-refractivity contribution in [1.82, 2.24) is 10.2 Å². The summed E-state index contributed by atoms with van der Waals surface area (Å²) in [5.74, 6) is -0.0724. The SMILES string of the molecule is CCC(C(=O)O)N(C=O)C(=O)NC(c1cccc(OC)c1)c1cccc(OC)c1. The van der Waals surface area contributed by atoms with Crippen LogP contribution in [0.1, 0.15) is 30.5 Å². The molecule has 0 bridgehead atoms. The third-order valence-corrected chi connectivity index (χ3v) is 4.48. The molecule has 0 aliphatic rings. The molecule has 0 aliphatic heterocycles. The minimum atomic E-state index is -1.26. The fraction of sp³-hybridized carbons (Fsp3) is 0.286. The van der Waals surface area contributed by atoms with Crippen molar-refractivity contribution in [2.24, 2.45) is 0 Å². The number of carboxylic acid groups (broad SMARTS) is 1. The van der Waals surface area contributed by atoms with Gasteiger partial charge in [-0.05, 0) is 41.8 Å². The monoisotopic (exact) mass is 400 g/mol. The molecule has 0 heterocycles. The summed E-state index contributed by atoms with van der Waals surface area (Å²) in [6, 6.07) is 11.4. The van der Waals surface area contributed by atoms with Gasteiger partial charge in [-0.2, -0.15) is 0 Å². The van der Waals surface area contributed by atoms with E-state index in [0.717, 1.165) is 0 Å². The molecule has 0 fully saturated rings. The number of hydrogen-bond donors (Lipinski definition) is 2. The molecule has 8 heteroatoms. The normalized spacial score (nSPS) is 11.4. The first kappa shape index (κ1) is 21.7. The highest BCUT2D eigenvalue weighted by Gasteiger charge is 2.30. The van der Waals surface area contributed by atoms with Gasteiger partial charge in [0.15, 0.2) is 0 Å². The lowest BCUT2D eigenvalue weighted by Gasteiger charge is -2.27. The molecule has 0 saturated carbocycles. The molecule has 2 rings (SSSR count). The number of nitrogens with zero attached hydrogens (tertiary/aromatic N) is 1. The zero-order valence-electron chi connectivity index (χ0n) is 16.5. The van der Waals surface area contributed by atoms with Crippen molar-refractivity contribution in [3.63, 3.8) is 0 Å². The van der Waals surface area contributed by atoms with E-state index in [1.54, 1.807) is 55.5 Å². The molecule has 0 spiro atoms. The Balaban J connectivity index is 2.45. The standard InChI is InChI=1S/C21H24N2O6/c1-4-18(20(25)26)23(13-24)21(27)22-19(14-7-5-9-16(11-14)28-2)15-8-6-10-17(12-15)29-3/h5-13,18-19H,4H2,1-3H3,(H,22,27)(H,25,26). The predicted molar refractivity (Wildman–Crippen MR) is 106 cm³/mol. The Kier molecular flexibility index (Phi) is 7.59. The Morgan fingerprint density at radius 2 is 1.59 bits per heavy atom. The van der Waals surface area contributed by atoms with Crippen LogP contribution in [0.25, 0.3) is 0 Å². The molecule has 1 atom stereocenters. The Hall–Kier alpha value is -3.55. The fourth-order valence-corrected chi connectivity index (χ4v) is 2.95. The minimum absolute atomic E-state index is 0.0878. The quantitative estimate of drug-likeness (QED) is 0.627. The van der Waals surface area contributed by atoms with E-state index in [4.69, 9.17) is 9.47 Å². The minimum Gasteiger partial charge on any atom is -0.497 e. The van der Waals surface area contributed by atoms with Crippen LogP contribution in [-0.4, -0.2) is 48.7 Å². The maximum Gasteiger partial charge on any atom is 0.326 e. The Morgan fingerprint density at radius 1 is 1.07 bits per heavy atom. The molecule has 2 aromatic carbocycles. The number of rotatable bonds is 9. The number of aliphatic carboxylic acids is 1. The third kappa shape index (κ3) is 5.25. The van der Waals surface area contributed by atoms with Gasteiger partial charge < -0.3 is 19.9 Å². The summed E-state index contributed by atoms with van der Waals surface area (Å²) < 4.78 is 10.5. The largest absolute Gasteiger partial charge is 0.497 e. The lowest BCUT2D eigenvalue weighted by atomic mass is 9.98. The van der Waals surface area contributed by atoms with Gasteiger partial charge in [0.2, 0.25) is 6.41 Å². The number of hydrogen-bond acceptors (Lipinski definition) is 5. The summed E-state index contributed by atoms with van der Waals surface area (Å²) in [5, 5.41) is 12.1. The van der Waals surface area contributed by atoms with Crippen LogP contribution in [0.2, 0.25) is 0 Å². The molecule has 0 aliphatic carbocycles. The second-order valence-electron chi connectivity index (χ2n) is 6.21. The van der Waals surface area contributed by atoms with E-state index in [2.05, 4.69) is 5.32 Å². The molecule has 154 valence electrons. The predicted octanol–water partition coefficient (Wildman–Crippen LogP) is 2.82. The van der Waals surface area contributed by atoms with E-state index >= 15 is 0 Å². The van der Waals surface area contributed by atoms with Gasteiger partial charge in [0, 0.05) is 0 Å². The maximum atomic E-state index is 12.8. The number of methoxy groups -OCH3 is 2. The van der Waals surface area contributed by atoms with Crippen LogP contribution in [-0.2, 0) is 9.59 Å².